The number of methoxy groups -OCH3 is 1. The molecule has 0 aliphatic rings. The van der Waals surface area contributed by atoms with E-state index in [-0.39, 0.29) is 18.0 Å². The molecule has 1 heterocycles. The smallest absolute Gasteiger partial charge is 0.240 e. The number of hydrogen-bond donors (Lipinski definition) is 2. The Balaban J connectivity index is 2.29. The van der Waals surface area contributed by atoms with Crippen LogP contribution >= 0.6 is 0 Å². The van der Waals surface area contributed by atoms with Crippen LogP contribution < -0.4 is 15.2 Å². The summed E-state index contributed by atoms with van der Waals surface area (Å²) in [7, 11) is -0.926. The van der Waals surface area contributed by atoms with Crippen LogP contribution in [-0.4, -0.2) is 38.7 Å². The maximum atomic E-state index is 14.0. The Bertz CT molecular complexity index is 1280. The number of nitrogens with two attached hydrogens (primary N) is 1. The monoisotopic (exact) mass is 429 g/mol. The zero-order chi connectivity index (χ0) is 21.9. The first kappa shape index (κ1) is 21.4. The molecule has 0 radical (unpaired) electrons. The van der Waals surface area contributed by atoms with E-state index in [1.807, 2.05) is 0 Å². The van der Waals surface area contributed by atoms with Gasteiger partial charge < -0.3 is 15.0 Å². The van der Waals surface area contributed by atoms with Gasteiger partial charge >= 0.3 is 0 Å². The van der Waals surface area contributed by atoms with Crippen molar-refractivity contribution >= 4 is 21.1 Å². The Kier molecular flexibility index (Phi) is 6.17. The number of nitrogens with zero attached hydrogens (tertiary/aromatic N) is 3. The van der Waals surface area contributed by atoms with E-state index in [1.54, 1.807) is 16.7 Å². The number of imidazole rings is 1. The number of rotatable bonds is 7. The van der Waals surface area contributed by atoms with E-state index in [9.17, 15) is 18.1 Å². The lowest BCUT2D eigenvalue weighted by molar-refractivity contribution is 0.416. The van der Waals surface area contributed by atoms with Crippen molar-refractivity contribution in [3.8, 4) is 22.9 Å². The van der Waals surface area contributed by atoms with Gasteiger partial charge in [0.05, 0.1) is 47.5 Å². The number of nitriles is 1. The van der Waals surface area contributed by atoms with Crippen LogP contribution in [0.5, 0.6) is 5.75 Å². The Labute approximate surface area is 173 Å². The maximum Gasteiger partial charge on any atom is 0.240 e. The molecular weight excluding hydrogens is 409 g/mol. The lowest BCUT2D eigenvalue weighted by atomic mass is 10.0. The Morgan fingerprint density at radius 1 is 1.37 bits per heavy atom. The third-order valence-electron chi connectivity index (χ3n) is 4.56. The van der Waals surface area contributed by atoms with Gasteiger partial charge in [-0.2, -0.15) is 5.26 Å². The predicted octanol–water partition coefficient (Wildman–Crippen LogP) is 2.30. The second-order valence-electron chi connectivity index (χ2n) is 6.33. The number of allylic oxidation sites excluding steroid dienone is 1. The number of aromatic nitrogens is 2. The molecule has 0 fully saturated rings. The lowest BCUT2D eigenvalue weighted by Crippen LogP contribution is -2.18. The summed E-state index contributed by atoms with van der Waals surface area (Å²) in [6, 6.07) is 9.68. The highest BCUT2D eigenvalue weighted by Crippen LogP contribution is 2.37. The summed E-state index contributed by atoms with van der Waals surface area (Å²) < 4.78 is 47.8. The molecule has 8 nitrogen and oxygen atoms in total. The third kappa shape index (κ3) is 4.04. The molecule has 0 atom stereocenters. The van der Waals surface area contributed by atoms with Crippen LogP contribution in [0.15, 0.2) is 53.5 Å². The summed E-state index contributed by atoms with van der Waals surface area (Å²) in [5.74, 6) is -0.0226. The Hall–Kier alpha value is -3.26. The second-order valence-corrected chi connectivity index (χ2v) is 8.22. The fraction of sp³-hybridized carbons (Fsp3) is 0.200. The number of benzene rings is 2. The third-order valence-corrected chi connectivity index (χ3v) is 5.97. The molecule has 0 spiro atoms. The molecule has 0 aliphatic carbocycles. The van der Waals surface area contributed by atoms with Crippen LogP contribution in [0.25, 0.3) is 22.2 Å². The van der Waals surface area contributed by atoms with Crippen molar-refractivity contribution in [2.24, 2.45) is 5.73 Å². The van der Waals surface area contributed by atoms with Crippen molar-refractivity contribution in [3.05, 3.63) is 54.1 Å². The molecular formula is C20H20FN5O3S. The van der Waals surface area contributed by atoms with Crippen molar-refractivity contribution in [3.63, 3.8) is 0 Å². The first-order valence-corrected chi connectivity index (χ1v) is 10.4. The normalized spacial score (nSPS) is 12.2. The largest absolute Gasteiger partial charge is 0.496 e. The quantitative estimate of drug-likeness (QED) is 0.594. The minimum Gasteiger partial charge on any atom is -0.496 e. The van der Waals surface area contributed by atoms with Gasteiger partial charge in [-0.05, 0) is 43.5 Å². The number of fused-ring (bicyclic) bond motifs is 1. The van der Waals surface area contributed by atoms with Crippen LogP contribution in [0.1, 0.15) is 5.56 Å². The molecule has 30 heavy (non-hydrogen) atoms. The van der Waals surface area contributed by atoms with Crippen LogP contribution in [0.4, 0.5) is 4.39 Å². The maximum absolute atomic E-state index is 14.0. The first-order valence-electron chi connectivity index (χ1n) is 8.90. The van der Waals surface area contributed by atoms with Gasteiger partial charge in [-0.25, -0.2) is 22.5 Å². The van der Waals surface area contributed by atoms with Gasteiger partial charge in [0.2, 0.25) is 10.0 Å². The molecule has 0 saturated heterocycles. The van der Waals surface area contributed by atoms with E-state index in [0.717, 1.165) is 0 Å². The number of halogens is 1. The van der Waals surface area contributed by atoms with Crippen LogP contribution in [-0.2, 0) is 16.6 Å². The average molecular weight is 429 g/mol. The minimum atomic E-state index is -3.70. The number of nitrogens with one attached hydrogen (secondary N) is 1. The number of hydrogen-bond acceptors (Lipinski definition) is 6. The summed E-state index contributed by atoms with van der Waals surface area (Å²) >= 11 is 0. The van der Waals surface area contributed by atoms with Crippen LogP contribution in [0.2, 0.25) is 0 Å². The molecule has 3 N–H and O–H groups in total. The van der Waals surface area contributed by atoms with Gasteiger partial charge in [0.15, 0.2) is 0 Å². The van der Waals surface area contributed by atoms with Crippen molar-refractivity contribution in [1.82, 2.24) is 14.3 Å². The zero-order valence-corrected chi connectivity index (χ0v) is 17.2. The molecule has 0 unspecified atom stereocenters. The lowest BCUT2D eigenvalue weighted by Gasteiger charge is -2.13. The number of ether oxygens (including phenoxy) is 1. The first-order chi connectivity index (χ1) is 14.3. The molecule has 156 valence electrons. The fourth-order valence-corrected chi connectivity index (χ4v) is 3.85. The summed E-state index contributed by atoms with van der Waals surface area (Å²) in [6.07, 6.45) is 2.72. The molecule has 3 aromatic rings. The molecule has 0 saturated carbocycles. The van der Waals surface area contributed by atoms with E-state index < -0.39 is 15.9 Å². The van der Waals surface area contributed by atoms with Gasteiger partial charge in [-0.1, -0.05) is 0 Å². The molecule has 10 heteroatoms. The SMILES string of the molecule is CNS(=O)(=O)c1ccc(OC)c(-c2cc(C#N)cc3c2ncn3C/C(F)=C/CN)c1. The second kappa shape index (κ2) is 8.62. The minimum absolute atomic E-state index is 0.0349. The van der Waals surface area contributed by atoms with Crippen molar-refractivity contribution < 1.29 is 17.5 Å². The molecule has 2 aromatic carbocycles. The van der Waals surface area contributed by atoms with E-state index in [2.05, 4.69) is 15.8 Å². The standard InChI is InChI=1S/C20H20FN5O3S/c1-24-30(27,28)15-3-4-19(29-2)16(9-15)17-7-13(10-23)8-18-20(17)25-12-26(18)11-14(21)5-6-22/h3-5,7-9,12,24H,6,11,22H2,1-2H3/b14-5-. The highest BCUT2D eigenvalue weighted by molar-refractivity contribution is 7.89. The summed E-state index contributed by atoms with van der Waals surface area (Å²) in [4.78, 5) is 4.41. The van der Waals surface area contributed by atoms with Gasteiger partial charge in [0.25, 0.3) is 0 Å². The van der Waals surface area contributed by atoms with Gasteiger partial charge in [0.1, 0.15) is 11.6 Å². The van der Waals surface area contributed by atoms with E-state index in [4.69, 9.17) is 10.5 Å². The molecule has 3 rings (SSSR count). The molecule has 0 bridgehead atoms. The highest BCUT2D eigenvalue weighted by atomic mass is 32.2. The fourth-order valence-electron chi connectivity index (χ4n) is 3.10. The summed E-state index contributed by atoms with van der Waals surface area (Å²) in [5, 5.41) is 9.49. The Morgan fingerprint density at radius 3 is 2.77 bits per heavy atom. The van der Waals surface area contributed by atoms with Crippen molar-refractivity contribution in [1.29, 1.82) is 5.26 Å². The van der Waals surface area contributed by atoms with E-state index in [1.165, 1.54) is 44.8 Å². The number of sulfonamides is 1. The summed E-state index contributed by atoms with van der Waals surface area (Å²) in [5.41, 5.74) is 7.61. The predicted molar refractivity (Wildman–Crippen MR) is 111 cm³/mol. The zero-order valence-electron chi connectivity index (χ0n) is 16.4. The van der Waals surface area contributed by atoms with Crippen LogP contribution in [0.3, 0.4) is 0 Å². The molecule has 1 aromatic heterocycles. The van der Waals surface area contributed by atoms with E-state index in [0.29, 0.717) is 33.5 Å². The van der Waals surface area contributed by atoms with Gasteiger partial charge in [-0.15, -0.1) is 0 Å². The molecule has 0 aliphatic heterocycles. The summed E-state index contributed by atoms with van der Waals surface area (Å²) in [6.45, 7) is -0.0234. The Morgan fingerprint density at radius 2 is 2.13 bits per heavy atom. The van der Waals surface area contributed by atoms with Crippen molar-refractivity contribution in [2.45, 2.75) is 11.4 Å². The van der Waals surface area contributed by atoms with E-state index >= 15 is 0 Å². The van der Waals surface area contributed by atoms with Gasteiger partial charge in [-0.3, -0.25) is 0 Å². The topological polar surface area (TPSA) is 123 Å². The van der Waals surface area contributed by atoms with Gasteiger partial charge in [0, 0.05) is 17.7 Å². The van der Waals surface area contributed by atoms with Crippen molar-refractivity contribution in [2.75, 3.05) is 20.7 Å². The highest BCUT2D eigenvalue weighted by Gasteiger charge is 2.19. The average Bonchev–Trinajstić information content (AvgIpc) is 3.15. The van der Waals surface area contributed by atoms with Crippen LogP contribution in [0, 0.1) is 11.3 Å². The molecule has 0 amide bonds.